The van der Waals surface area contributed by atoms with Gasteiger partial charge in [0.1, 0.15) is 11.5 Å². The first-order valence-corrected chi connectivity index (χ1v) is 6.86. The molecule has 0 radical (unpaired) electrons. The van der Waals surface area contributed by atoms with Crippen molar-refractivity contribution in [3.05, 3.63) is 18.2 Å². The van der Waals surface area contributed by atoms with E-state index < -0.39 is 0 Å². The minimum absolute atomic E-state index is 0.490. The van der Waals surface area contributed by atoms with Crippen LogP contribution in [0.1, 0.15) is 20.3 Å². The van der Waals surface area contributed by atoms with E-state index in [9.17, 15) is 0 Å². The molecule has 1 aromatic carbocycles. The highest BCUT2D eigenvalue weighted by atomic mass is 16.5. The molecule has 4 nitrogen and oxygen atoms in total. The van der Waals surface area contributed by atoms with Crippen molar-refractivity contribution in [2.45, 2.75) is 32.4 Å². The fraction of sp³-hybridized carbons (Fsp3) is 0.600. The third kappa shape index (κ3) is 3.32. The molecule has 2 rings (SSSR count). The molecule has 1 unspecified atom stereocenters. The van der Waals surface area contributed by atoms with Crippen molar-refractivity contribution < 1.29 is 9.47 Å². The van der Waals surface area contributed by atoms with E-state index in [2.05, 4.69) is 24.1 Å². The smallest absolute Gasteiger partial charge is 0.145 e. The van der Waals surface area contributed by atoms with Gasteiger partial charge in [0.15, 0.2) is 0 Å². The Bertz CT molecular complexity index is 421. The number of nitrogens with one attached hydrogen (secondary N) is 1. The monoisotopic (exact) mass is 264 g/mol. The first-order valence-electron chi connectivity index (χ1n) is 6.86. The average Bonchev–Trinajstić information content (AvgIpc) is 2.88. The Labute approximate surface area is 115 Å². The highest BCUT2D eigenvalue weighted by molar-refractivity contribution is 5.59. The van der Waals surface area contributed by atoms with Gasteiger partial charge < -0.3 is 14.8 Å². The van der Waals surface area contributed by atoms with E-state index in [1.54, 1.807) is 14.2 Å². The van der Waals surface area contributed by atoms with Gasteiger partial charge in [0.25, 0.3) is 0 Å². The third-order valence-corrected chi connectivity index (χ3v) is 3.72. The minimum atomic E-state index is 0.490. The standard InChI is InChI=1S/C15H24N2O2/c1-11(2)17-8-7-12(10-17)16-14-6-5-13(18-3)9-15(14)19-4/h5-6,9,11-12,16H,7-8,10H2,1-4H3. The van der Waals surface area contributed by atoms with E-state index in [0.29, 0.717) is 12.1 Å². The summed E-state index contributed by atoms with van der Waals surface area (Å²) >= 11 is 0. The summed E-state index contributed by atoms with van der Waals surface area (Å²) in [5.74, 6) is 1.65. The molecule has 1 aliphatic rings. The van der Waals surface area contributed by atoms with Crippen LogP contribution in [0, 0.1) is 0 Å². The predicted molar refractivity (Wildman–Crippen MR) is 78.3 cm³/mol. The summed E-state index contributed by atoms with van der Waals surface area (Å²) in [5.41, 5.74) is 1.04. The van der Waals surface area contributed by atoms with Crippen molar-refractivity contribution in [1.29, 1.82) is 0 Å². The zero-order chi connectivity index (χ0) is 13.8. The van der Waals surface area contributed by atoms with Gasteiger partial charge in [-0.05, 0) is 32.4 Å². The number of rotatable bonds is 5. The van der Waals surface area contributed by atoms with Crippen molar-refractivity contribution in [1.82, 2.24) is 4.90 Å². The SMILES string of the molecule is COc1ccc(NC2CCN(C(C)C)C2)c(OC)c1. The van der Waals surface area contributed by atoms with Crippen molar-refractivity contribution in [3.8, 4) is 11.5 Å². The number of hydrogen-bond donors (Lipinski definition) is 1. The zero-order valence-electron chi connectivity index (χ0n) is 12.3. The molecule has 106 valence electrons. The Balaban J connectivity index is 2.03. The Morgan fingerprint density at radius 2 is 2.05 bits per heavy atom. The van der Waals surface area contributed by atoms with Gasteiger partial charge in [-0.3, -0.25) is 4.90 Å². The van der Waals surface area contributed by atoms with Gasteiger partial charge in [-0.25, -0.2) is 0 Å². The number of nitrogens with zero attached hydrogens (tertiary/aromatic N) is 1. The van der Waals surface area contributed by atoms with E-state index in [1.165, 1.54) is 6.42 Å². The highest BCUT2D eigenvalue weighted by Crippen LogP contribution is 2.30. The van der Waals surface area contributed by atoms with Crippen LogP contribution in [-0.2, 0) is 0 Å². The Kier molecular flexibility index (Phi) is 4.53. The number of hydrogen-bond acceptors (Lipinski definition) is 4. The zero-order valence-corrected chi connectivity index (χ0v) is 12.3. The third-order valence-electron chi connectivity index (χ3n) is 3.72. The lowest BCUT2D eigenvalue weighted by molar-refractivity contribution is 0.274. The molecular weight excluding hydrogens is 240 g/mol. The summed E-state index contributed by atoms with van der Waals surface area (Å²) in [5, 5.41) is 3.57. The van der Waals surface area contributed by atoms with Gasteiger partial charge in [0.2, 0.25) is 0 Å². The molecule has 19 heavy (non-hydrogen) atoms. The van der Waals surface area contributed by atoms with E-state index in [4.69, 9.17) is 9.47 Å². The van der Waals surface area contributed by atoms with Gasteiger partial charge in [-0.1, -0.05) is 0 Å². The molecule has 0 spiro atoms. The van der Waals surface area contributed by atoms with Crippen LogP contribution in [0.25, 0.3) is 0 Å². The maximum atomic E-state index is 5.42. The first kappa shape index (κ1) is 14.0. The molecule has 0 bridgehead atoms. The maximum absolute atomic E-state index is 5.42. The van der Waals surface area contributed by atoms with Gasteiger partial charge in [-0.15, -0.1) is 0 Å². The number of likely N-dealkylation sites (tertiary alicyclic amines) is 1. The normalized spacial score (nSPS) is 19.7. The average molecular weight is 264 g/mol. The molecule has 0 aliphatic carbocycles. The molecule has 0 saturated carbocycles. The molecule has 1 aromatic rings. The molecule has 4 heteroatoms. The van der Waals surface area contributed by atoms with Crippen LogP contribution >= 0.6 is 0 Å². The Morgan fingerprint density at radius 3 is 2.63 bits per heavy atom. The highest BCUT2D eigenvalue weighted by Gasteiger charge is 2.24. The summed E-state index contributed by atoms with van der Waals surface area (Å²) in [6.07, 6.45) is 1.17. The van der Waals surface area contributed by atoms with Crippen molar-refractivity contribution in [2.24, 2.45) is 0 Å². The summed E-state index contributed by atoms with van der Waals surface area (Å²) in [7, 11) is 3.36. The largest absolute Gasteiger partial charge is 0.497 e. The molecule has 1 aliphatic heterocycles. The van der Waals surface area contributed by atoms with Crippen molar-refractivity contribution >= 4 is 5.69 Å². The van der Waals surface area contributed by atoms with Crippen molar-refractivity contribution in [2.75, 3.05) is 32.6 Å². The van der Waals surface area contributed by atoms with Crippen LogP contribution in [0.15, 0.2) is 18.2 Å². The second kappa shape index (κ2) is 6.15. The lowest BCUT2D eigenvalue weighted by atomic mass is 10.2. The Morgan fingerprint density at radius 1 is 1.26 bits per heavy atom. The van der Waals surface area contributed by atoms with Gasteiger partial charge in [-0.2, -0.15) is 0 Å². The van der Waals surface area contributed by atoms with Crippen LogP contribution in [0.3, 0.4) is 0 Å². The topological polar surface area (TPSA) is 33.7 Å². The number of ether oxygens (including phenoxy) is 2. The molecule has 1 atom stereocenters. The van der Waals surface area contributed by atoms with Crippen LogP contribution in [0.2, 0.25) is 0 Å². The first-order chi connectivity index (χ1) is 9.13. The molecular formula is C15H24N2O2. The van der Waals surface area contributed by atoms with Gasteiger partial charge in [0, 0.05) is 31.2 Å². The second-order valence-electron chi connectivity index (χ2n) is 5.28. The van der Waals surface area contributed by atoms with Gasteiger partial charge in [0.05, 0.1) is 19.9 Å². The lowest BCUT2D eigenvalue weighted by Gasteiger charge is -2.21. The van der Waals surface area contributed by atoms with Crippen LogP contribution in [-0.4, -0.2) is 44.3 Å². The number of anilines is 1. The van der Waals surface area contributed by atoms with E-state index in [0.717, 1.165) is 30.3 Å². The van der Waals surface area contributed by atoms with E-state index in [-0.39, 0.29) is 0 Å². The lowest BCUT2D eigenvalue weighted by Crippen LogP contribution is -2.31. The van der Waals surface area contributed by atoms with E-state index >= 15 is 0 Å². The second-order valence-corrected chi connectivity index (χ2v) is 5.28. The minimum Gasteiger partial charge on any atom is -0.497 e. The molecule has 0 amide bonds. The van der Waals surface area contributed by atoms with Crippen LogP contribution in [0.5, 0.6) is 11.5 Å². The fourth-order valence-corrected chi connectivity index (χ4v) is 2.51. The summed E-state index contributed by atoms with van der Waals surface area (Å²) in [6.45, 7) is 6.74. The molecule has 1 heterocycles. The summed E-state index contributed by atoms with van der Waals surface area (Å²) < 4.78 is 10.6. The molecule has 1 N–H and O–H groups in total. The Hall–Kier alpha value is -1.42. The summed E-state index contributed by atoms with van der Waals surface area (Å²) in [6, 6.07) is 7.00. The molecule has 0 aromatic heterocycles. The van der Waals surface area contributed by atoms with Gasteiger partial charge >= 0.3 is 0 Å². The maximum Gasteiger partial charge on any atom is 0.145 e. The fourth-order valence-electron chi connectivity index (χ4n) is 2.51. The molecule has 1 saturated heterocycles. The van der Waals surface area contributed by atoms with Crippen molar-refractivity contribution in [3.63, 3.8) is 0 Å². The quantitative estimate of drug-likeness (QED) is 0.886. The number of benzene rings is 1. The summed E-state index contributed by atoms with van der Waals surface area (Å²) in [4.78, 5) is 2.49. The van der Waals surface area contributed by atoms with Crippen LogP contribution < -0.4 is 14.8 Å². The van der Waals surface area contributed by atoms with Crippen LogP contribution in [0.4, 0.5) is 5.69 Å². The predicted octanol–water partition coefficient (Wildman–Crippen LogP) is 2.60. The number of methoxy groups -OCH3 is 2. The molecule has 1 fully saturated rings. The van der Waals surface area contributed by atoms with E-state index in [1.807, 2.05) is 18.2 Å².